The van der Waals surface area contributed by atoms with Gasteiger partial charge in [0.1, 0.15) is 0 Å². The summed E-state index contributed by atoms with van der Waals surface area (Å²) < 4.78 is 5.34. The Morgan fingerprint density at radius 3 is 1.28 bits per heavy atom. The molecule has 10 rings (SSSR count). The van der Waals surface area contributed by atoms with Gasteiger partial charge in [0, 0.05) is 52.1 Å². The number of thiophene rings is 2. The summed E-state index contributed by atoms with van der Waals surface area (Å²) in [6.07, 6.45) is 0. The number of hydrogen-bond acceptors (Lipinski definition) is 6. The van der Waals surface area contributed by atoms with Crippen molar-refractivity contribution >= 4 is 81.6 Å². The highest BCUT2D eigenvalue weighted by atomic mass is 32.1. The molecule has 6 aromatic carbocycles. The van der Waals surface area contributed by atoms with Crippen LogP contribution in [-0.4, -0.2) is 21.7 Å². The topological polar surface area (TPSA) is 41.9 Å². The normalized spacial score (nSPS) is 12.3. The van der Waals surface area contributed by atoms with Gasteiger partial charge >= 0.3 is 0 Å². The third-order valence-electron chi connectivity index (χ3n) is 9.38. The Balaban J connectivity index is 1.16. The molecule has 0 bridgehead atoms. The van der Waals surface area contributed by atoms with E-state index in [1.54, 1.807) is 0 Å². The Bertz CT molecular complexity index is 2520. The van der Waals surface area contributed by atoms with Crippen LogP contribution in [0.25, 0.3) is 54.3 Å². The van der Waals surface area contributed by atoms with Crippen molar-refractivity contribution in [2.45, 2.75) is 0 Å². The smallest absolute Gasteiger partial charge is 0.272 e. The fourth-order valence-corrected chi connectivity index (χ4v) is 9.82. The van der Waals surface area contributed by atoms with Gasteiger partial charge in [-0.1, -0.05) is 133 Å². The van der Waals surface area contributed by atoms with E-state index >= 15 is 0 Å². The standard InChI is InChI=1S/C43H27BN4S2/c1-4-14-28(15-5-1)41-45-42(29-16-6-2-7-17-29)47-43(46-41)30-24-26-32(27-25-30)48-37-33-20-10-12-22-35(33)49-39(37)44(31-18-8-3-9-19-31)40-38(48)34-21-11-13-23-36(34)50-40/h1-27H. The van der Waals surface area contributed by atoms with Crippen molar-refractivity contribution in [3.8, 4) is 34.2 Å². The minimum absolute atomic E-state index is 0.157. The minimum atomic E-state index is 0.157. The van der Waals surface area contributed by atoms with E-state index < -0.39 is 0 Å². The van der Waals surface area contributed by atoms with Gasteiger partial charge in [-0.2, -0.15) is 0 Å². The van der Waals surface area contributed by atoms with Gasteiger partial charge in [-0.15, -0.1) is 22.7 Å². The Morgan fingerprint density at radius 1 is 0.400 bits per heavy atom. The van der Waals surface area contributed by atoms with Crippen LogP contribution in [0.2, 0.25) is 0 Å². The molecule has 0 radical (unpaired) electrons. The Labute approximate surface area is 298 Å². The fourth-order valence-electron chi connectivity index (χ4n) is 7.09. The van der Waals surface area contributed by atoms with Crippen molar-refractivity contribution in [1.29, 1.82) is 0 Å². The zero-order valence-corrected chi connectivity index (χ0v) is 28.4. The molecule has 0 atom stereocenters. The van der Waals surface area contributed by atoms with Crippen molar-refractivity contribution in [3.63, 3.8) is 0 Å². The van der Waals surface area contributed by atoms with Crippen molar-refractivity contribution < 1.29 is 0 Å². The van der Waals surface area contributed by atoms with Crippen LogP contribution in [0.15, 0.2) is 164 Å². The first-order valence-electron chi connectivity index (χ1n) is 16.7. The highest BCUT2D eigenvalue weighted by molar-refractivity contribution is 7.40. The van der Waals surface area contributed by atoms with Crippen LogP contribution in [-0.2, 0) is 0 Å². The van der Waals surface area contributed by atoms with Gasteiger partial charge in [-0.25, -0.2) is 15.0 Å². The highest BCUT2D eigenvalue weighted by Crippen LogP contribution is 2.47. The molecule has 4 heterocycles. The average molecular weight is 675 g/mol. The summed E-state index contributed by atoms with van der Waals surface area (Å²) in [6.45, 7) is 0.157. The number of rotatable bonds is 5. The third kappa shape index (κ3) is 4.77. The maximum Gasteiger partial charge on any atom is 0.272 e. The zero-order valence-electron chi connectivity index (χ0n) is 26.8. The molecule has 4 nitrogen and oxygen atoms in total. The van der Waals surface area contributed by atoms with E-state index in [2.05, 4.69) is 108 Å². The van der Waals surface area contributed by atoms with E-state index in [1.165, 1.54) is 46.6 Å². The lowest BCUT2D eigenvalue weighted by molar-refractivity contribution is 1.07. The maximum absolute atomic E-state index is 4.99. The first-order valence-corrected chi connectivity index (χ1v) is 18.3. The molecule has 9 aromatic rings. The van der Waals surface area contributed by atoms with Gasteiger partial charge in [0.05, 0.1) is 11.4 Å². The number of anilines is 3. The molecule has 234 valence electrons. The van der Waals surface area contributed by atoms with Crippen LogP contribution >= 0.6 is 22.7 Å². The second kappa shape index (κ2) is 11.9. The number of aromatic nitrogens is 3. The summed E-state index contributed by atoms with van der Waals surface area (Å²) in [7, 11) is 0. The summed E-state index contributed by atoms with van der Waals surface area (Å²) in [6, 6.07) is 57.6. The van der Waals surface area contributed by atoms with Crippen molar-refractivity contribution in [2.75, 3.05) is 4.90 Å². The molecule has 7 heteroatoms. The molecule has 0 saturated carbocycles. The van der Waals surface area contributed by atoms with E-state index in [4.69, 9.17) is 15.0 Å². The molecule has 0 unspecified atom stereocenters. The fraction of sp³-hybridized carbons (Fsp3) is 0. The van der Waals surface area contributed by atoms with Crippen molar-refractivity contribution in [3.05, 3.63) is 164 Å². The quantitative estimate of drug-likeness (QED) is 0.171. The van der Waals surface area contributed by atoms with E-state index in [0.717, 1.165) is 22.4 Å². The molecule has 3 aromatic heterocycles. The molecule has 0 spiro atoms. The zero-order chi connectivity index (χ0) is 33.0. The Morgan fingerprint density at radius 2 is 0.800 bits per heavy atom. The number of hydrogen-bond donors (Lipinski definition) is 0. The third-order valence-corrected chi connectivity index (χ3v) is 11.8. The molecular weight excluding hydrogens is 647 g/mol. The average Bonchev–Trinajstić information content (AvgIpc) is 3.77. The lowest BCUT2D eigenvalue weighted by atomic mass is 9.41. The largest absolute Gasteiger partial charge is 0.309 e. The second-order valence-electron chi connectivity index (χ2n) is 12.4. The van der Waals surface area contributed by atoms with Crippen LogP contribution in [0.5, 0.6) is 0 Å². The van der Waals surface area contributed by atoms with Gasteiger partial charge in [0.15, 0.2) is 17.5 Å². The predicted octanol–water partition coefficient (Wildman–Crippen LogP) is 9.60. The molecule has 0 N–H and O–H groups in total. The maximum atomic E-state index is 4.99. The van der Waals surface area contributed by atoms with Crippen LogP contribution in [0.3, 0.4) is 0 Å². The Kier molecular flexibility index (Phi) is 6.93. The monoisotopic (exact) mass is 674 g/mol. The van der Waals surface area contributed by atoms with E-state index in [0.29, 0.717) is 17.5 Å². The van der Waals surface area contributed by atoms with Gasteiger partial charge < -0.3 is 4.90 Å². The first kappa shape index (κ1) is 29.1. The molecule has 0 fully saturated rings. The molecule has 1 aliphatic rings. The number of benzene rings is 6. The van der Waals surface area contributed by atoms with Crippen molar-refractivity contribution in [1.82, 2.24) is 15.0 Å². The van der Waals surface area contributed by atoms with E-state index in [-0.39, 0.29) is 6.71 Å². The minimum Gasteiger partial charge on any atom is -0.309 e. The molecule has 0 saturated heterocycles. The van der Waals surface area contributed by atoms with E-state index in [1.807, 2.05) is 83.3 Å². The number of nitrogens with zero attached hydrogens (tertiary/aromatic N) is 4. The second-order valence-corrected chi connectivity index (χ2v) is 14.6. The summed E-state index contributed by atoms with van der Waals surface area (Å²) in [4.78, 5) is 17.4. The SMILES string of the molecule is c1ccc(B2c3sc4ccccc4c3N(c3ccc(-c4nc(-c5ccccc5)nc(-c5ccccc5)n4)cc3)c3c2sc2ccccc32)cc1. The summed E-state index contributed by atoms with van der Waals surface area (Å²) in [5.74, 6) is 1.96. The molecule has 50 heavy (non-hydrogen) atoms. The van der Waals surface area contributed by atoms with E-state index in [9.17, 15) is 0 Å². The molecular formula is C43H27BN4S2. The number of fused-ring (bicyclic) bond motifs is 6. The predicted molar refractivity (Wildman–Crippen MR) is 213 cm³/mol. The summed E-state index contributed by atoms with van der Waals surface area (Å²) >= 11 is 3.82. The van der Waals surface area contributed by atoms with Gasteiger partial charge in [-0.05, 0) is 36.4 Å². The lowest BCUT2D eigenvalue weighted by Crippen LogP contribution is -2.54. The first-order chi connectivity index (χ1) is 24.8. The van der Waals surface area contributed by atoms with Crippen molar-refractivity contribution in [2.24, 2.45) is 0 Å². The van der Waals surface area contributed by atoms with Gasteiger partial charge in [-0.3, -0.25) is 0 Å². The summed E-state index contributed by atoms with van der Waals surface area (Å²) in [5, 5.41) is 2.55. The van der Waals surface area contributed by atoms with Gasteiger partial charge in [0.25, 0.3) is 6.71 Å². The lowest BCUT2D eigenvalue weighted by Gasteiger charge is -2.33. The van der Waals surface area contributed by atoms with Gasteiger partial charge in [0.2, 0.25) is 0 Å². The van der Waals surface area contributed by atoms with Crippen LogP contribution in [0, 0.1) is 0 Å². The summed E-state index contributed by atoms with van der Waals surface area (Å²) in [5.41, 5.74) is 7.81. The molecule has 0 amide bonds. The van der Waals surface area contributed by atoms with Crippen LogP contribution < -0.4 is 19.9 Å². The highest BCUT2D eigenvalue weighted by Gasteiger charge is 2.40. The van der Waals surface area contributed by atoms with Crippen LogP contribution in [0.1, 0.15) is 0 Å². The van der Waals surface area contributed by atoms with Crippen LogP contribution in [0.4, 0.5) is 17.1 Å². The molecule has 0 aliphatic carbocycles. The Hall–Kier alpha value is -5.89. The molecule has 1 aliphatic heterocycles.